The van der Waals surface area contributed by atoms with E-state index in [2.05, 4.69) is 10.1 Å². The maximum atomic E-state index is 12.6. The van der Waals surface area contributed by atoms with E-state index in [1.165, 1.54) is 0 Å². The van der Waals surface area contributed by atoms with Crippen LogP contribution in [0.15, 0.2) is 4.52 Å². The molecule has 0 spiro atoms. The Balaban J connectivity index is 1.51. The minimum Gasteiger partial charge on any atom is -0.339 e. The molecule has 8 heteroatoms. The summed E-state index contributed by atoms with van der Waals surface area (Å²) in [4.78, 5) is 18.9. The zero-order chi connectivity index (χ0) is 15.3. The van der Waals surface area contributed by atoms with Crippen LogP contribution in [-0.2, 0) is 14.6 Å². The number of rotatable bonds is 3. The van der Waals surface area contributed by atoms with Gasteiger partial charge in [-0.25, -0.2) is 8.42 Å². The van der Waals surface area contributed by atoms with E-state index in [1.807, 2.05) is 0 Å². The number of hydrogen-bond donors (Lipinski definition) is 0. The Morgan fingerprint density at radius 2 is 2.05 bits per heavy atom. The maximum absolute atomic E-state index is 12.6. The zero-order valence-corrected chi connectivity index (χ0v) is 13.1. The predicted octanol–water partition coefficient (Wildman–Crippen LogP) is 1.05. The Bertz CT molecular complexity index is 695. The van der Waals surface area contributed by atoms with Crippen molar-refractivity contribution in [1.29, 1.82) is 0 Å². The fourth-order valence-corrected chi connectivity index (χ4v) is 5.13. The molecule has 0 radical (unpaired) electrons. The number of sulfone groups is 1. The molecule has 2 unspecified atom stereocenters. The number of carbonyl (C=O) groups is 1. The molecule has 1 aromatic heterocycles. The van der Waals surface area contributed by atoms with Crippen LogP contribution in [0.25, 0.3) is 0 Å². The SMILES string of the molecule is O=C(C1CCS(=O)(=O)C1)N1CCCC1c1noc(C2CC2)n1. The quantitative estimate of drug-likeness (QED) is 0.824. The number of hydrogen-bond acceptors (Lipinski definition) is 6. The summed E-state index contributed by atoms with van der Waals surface area (Å²) in [5, 5.41) is 4.05. The second kappa shape index (κ2) is 5.04. The largest absolute Gasteiger partial charge is 0.339 e. The van der Waals surface area contributed by atoms with Gasteiger partial charge in [-0.2, -0.15) is 4.98 Å². The van der Waals surface area contributed by atoms with Gasteiger partial charge in [-0.15, -0.1) is 0 Å². The van der Waals surface area contributed by atoms with E-state index in [-0.39, 0.29) is 23.5 Å². The van der Waals surface area contributed by atoms with E-state index < -0.39 is 15.8 Å². The van der Waals surface area contributed by atoms with Gasteiger partial charge in [0.05, 0.1) is 23.5 Å². The summed E-state index contributed by atoms with van der Waals surface area (Å²) in [6.07, 6.45) is 4.33. The first-order valence-corrected chi connectivity index (χ1v) is 9.70. The molecule has 4 rings (SSSR count). The fourth-order valence-electron chi connectivity index (χ4n) is 3.40. The Kier molecular flexibility index (Phi) is 3.25. The monoisotopic (exact) mass is 325 g/mol. The smallest absolute Gasteiger partial charge is 0.229 e. The van der Waals surface area contributed by atoms with Crippen molar-refractivity contribution in [1.82, 2.24) is 15.0 Å². The molecule has 0 N–H and O–H groups in total. The molecule has 120 valence electrons. The van der Waals surface area contributed by atoms with Crippen LogP contribution in [0.1, 0.15) is 55.8 Å². The maximum Gasteiger partial charge on any atom is 0.229 e. The summed E-state index contributed by atoms with van der Waals surface area (Å²) in [5.74, 6) is 1.28. The van der Waals surface area contributed by atoms with Crippen LogP contribution in [0.3, 0.4) is 0 Å². The molecule has 7 nitrogen and oxygen atoms in total. The highest BCUT2D eigenvalue weighted by Gasteiger charge is 2.41. The molecule has 2 saturated heterocycles. The highest BCUT2D eigenvalue weighted by atomic mass is 32.2. The minimum absolute atomic E-state index is 0.0192. The molecule has 2 aliphatic heterocycles. The molecular weight excluding hydrogens is 306 g/mol. The van der Waals surface area contributed by atoms with Crippen LogP contribution in [0.4, 0.5) is 0 Å². The van der Waals surface area contributed by atoms with E-state index in [4.69, 9.17) is 4.52 Å². The molecule has 1 saturated carbocycles. The molecule has 3 aliphatic rings. The lowest BCUT2D eigenvalue weighted by atomic mass is 10.1. The van der Waals surface area contributed by atoms with Gasteiger partial charge in [0.1, 0.15) is 0 Å². The highest BCUT2D eigenvalue weighted by Crippen LogP contribution is 2.40. The topological polar surface area (TPSA) is 93.4 Å². The molecule has 22 heavy (non-hydrogen) atoms. The second-order valence-corrected chi connectivity index (χ2v) is 8.78. The Morgan fingerprint density at radius 3 is 2.73 bits per heavy atom. The van der Waals surface area contributed by atoms with E-state index in [0.29, 0.717) is 30.6 Å². The molecule has 1 aromatic rings. The van der Waals surface area contributed by atoms with Gasteiger partial charge in [0.15, 0.2) is 15.7 Å². The van der Waals surface area contributed by atoms with Crippen molar-refractivity contribution >= 4 is 15.7 Å². The number of amides is 1. The molecule has 1 aliphatic carbocycles. The Hall–Kier alpha value is -1.44. The molecular formula is C14H19N3O4S. The Morgan fingerprint density at radius 1 is 1.23 bits per heavy atom. The van der Waals surface area contributed by atoms with Gasteiger partial charge < -0.3 is 9.42 Å². The van der Waals surface area contributed by atoms with Gasteiger partial charge in [0, 0.05) is 12.5 Å². The lowest BCUT2D eigenvalue weighted by Crippen LogP contribution is -2.36. The molecule has 3 heterocycles. The van der Waals surface area contributed by atoms with Crippen LogP contribution in [0.5, 0.6) is 0 Å². The van der Waals surface area contributed by atoms with Crippen molar-refractivity contribution in [3.05, 3.63) is 11.7 Å². The normalized spacial score (nSPS) is 30.8. The van der Waals surface area contributed by atoms with Gasteiger partial charge in [-0.1, -0.05) is 5.16 Å². The Labute approximate surface area is 129 Å². The lowest BCUT2D eigenvalue weighted by molar-refractivity contribution is -0.135. The fraction of sp³-hybridized carbons (Fsp3) is 0.786. The van der Waals surface area contributed by atoms with Crippen LogP contribution in [0.2, 0.25) is 0 Å². The van der Waals surface area contributed by atoms with E-state index in [0.717, 1.165) is 25.7 Å². The van der Waals surface area contributed by atoms with Crippen LogP contribution >= 0.6 is 0 Å². The first-order chi connectivity index (χ1) is 10.5. The van der Waals surface area contributed by atoms with Crippen molar-refractivity contribution in [3.8, 4) is 0 Å². The first-order valence-electron chi connectivity index (χ1n) is 7.88. The zero-order valence-electron chi connectivity index (χ0n) is 12.3. The number of carbonyl (C=O) groups excluding carboxylic acids is 1. The summed E-state index contributed by atoms with van der Waals surface area (Å²) in [5.41, 5.74) is 0. The van der Waals surface area contributed by atoms with Gasteiger partial charge >= 0.3 is 0 Å². The molecule has 0 bridgehead atoms. The van der Waals surface area contributed by atoms with Gasteiger partial charge in [0.2, 0.25) is 11.8 Å². The third-order valence-electron chi connectivity index (χ3n) is 4.80. The standard InChI is InChI=1S/C14H19N3O4S/c18-14(10-5-7-22(19,20)8-10)17-6-1-2-11(17)12-15-13(21-16-12)9-3-4-9/h9-11H,1-8H2. The minimum atomic E-state index is -3.05. The van der Waals surface area contributed by atoms with Gasteiger partial charge in [-0.3, -0.25) is 4.79 Å². The summed E-state index contributed by atoms with van der Waals surface area (Å²) in [6, 6.07) is -0.160. The van der Waals surface area contributed by atoms with Crippen molar-refractivity contribution < 1.29 is 17.7 Å². The predicted molar refractivity (Wildman–Crippen MR) is 76.7 cm³/mol. The molecule has 3 fully saturated rings. The molecule has 0 aromatic carbocycles. The van der Waals surface area contributed by atoms with Gasteiger partial charge in [0.25, 0.3) is 0 Å². The summed E-state index contributed by atoms with van der Waals surface area (Å²) in [7, 11) is -3.05. The van der Waals surface area contributed by atoms with Crippen LogP contribution < -0.4 is 0 Å². The number of nitrogens with zero attached hydrogens (tertiary/aromatic N) is 3. The third-order valence-corrected chi connectivity index (χ3v) is 6.57. The average molecular weight is 325 g/mol. The average Bonchev–Trinajstić information content (AvgIpc) is 2.92. The molecule has 2 atom stereocenters. The van der Waals surface area contributed by atoms with Crippen LogP contribution in [-0.4, -0.2) is 47.4 Å². The number of likely N-dealkylation sites (tertiary alicyclic amines) is 1. The first kappa shape index (κ1) is 14.2. The second-order valence-electron chi connectivity index (χ2n) is 6.55. The van der Waals surface area contributed by atoms with E-state index in [1.54, 1.807) is 4.90 Å². The van der Waals surface area contributed by atoms with Crippen molar-refractivity contribution in [2.75, 3.05) is 18.1 Å². The highest BCUT2D eigenvalue weighted by molar-refractivity contribution is 7.91. The molecule has 1 amide bonds. The van der Waals surface area contributed by atoms with Crippen molar-refractivity contribution in [3.63, 3.8) is 0 Å². The van der Waals surface area contributed by atoms with Crippen molar-refractivity contribution in [2.45, 2.75) is 44.1 Å². The third kappa shape index (κ3) is 2.53. The number of aromatic nitrogens is 2. The summed E-state index contributed by atoms with van der Waals surface area (Å²) < 4.78 is 28.5. The summed E-state index contributed by atoms with van der Waals surface area (Å²) in [6.45, 7) is 0.646. The van der Waals surface area contributed by atoms with E-state index >= 15 is 0 Å². The van der Waals surface area contributed by atoms with Crippen molar-refractivity contribution in [2.24, 2.45) is 5.92 Å². The van der Waals surface area contributed by atoms with Gasteiger partial charge in [-0.05, 0) is 32.1 Å². The van der Waals surface area contributed by atoms with E-state index in [9.17, 15) is 13.2 Å². The lowest BCUT2D eigenvalue weighted by Gasteiger charge is -2.24. The summed E-state index contributed by atoms with van der Waals surface area (Å²) >= 11 is 0. The van der Waals surface area contributed by atoms with Crippen LogP contribution in [0, 0.1) is 5.92 Å².